The number of nitrogens with one attached hydrogen (secondary N) is 1. The summed E-state index contributed by atoms with van der Waals surface area (Å²) in [5.74, 6) is 1.27. The Labute approximate surface area is 96.0 Å². The average molecular weight is 231 g/mol. The molecule has 1 aromatic rings. The van der Waals surface area contributed by atoms with Crippen LogP contribution in [0.2, 0.25) is 0 Å². The van der Waals surface area contributed by atoms with Gasteiger partial charge < -0.3 is 5.32 Å². The van der Waals surface area contributed by atoms with E-state index in [2.05, 4.69) is 29.5 Å². The Hall–Kier alpha value is -0.610. The number of hydrogen-bond acceptors (Lipinski definition) is 3. The van der Waals surface area contributed by atoms with Crippen molar-refractivity contribution in [1.82, 2.24) is 20.3 Å². The molecule has 4 nitrogen and oxygen atoms in total. The van der Waals surface area contributed by atoms with Crippen molar-refractivity contribution in [2.75, 3.05) is 5.88 Å². The summed E-state index contributed by atoms with van der Waals surface area (Å²) < 4.78 is 1.71. The van der Waals surface area contributed by atoms with Crippen LogP contribution in [0.5, 0.6) is 0 Å². The predicted molar refractivity (Wildman–Crippen MR) is 61.8 cm³/mol. The third kappa shape index (κ3) is 4.18. The molecule has 5 heteroatoms. The largest absolute Gasteiger partial charge is 0.308 e. The molecule has 0 saturated carbocycles. The third-order valence-electron chi connectivity index (χ3n) is 2.42. The molecule has 1 unspecified atom stereocenters. The number of nitrogens with zero attached hydrogens (tertiary/aromatic N) is 3. The van der Waals surface area contributed by atoms with E-state index in [0.29, 0.717) is 17.8 Å². The molecule has 86 valence electrons. The minimum absolute atomic E-state index is 0.449. The van der Waals surface area contributed by atoms with Crippen LogP contribution < -0.4 is 5.32 Å². The first-order valence-electron chi connectivity index (χ1n) is 5.28. The topological polar surface area (TPSA) is 42.7 Å². The summed E-state index contributed by atoms with van der Waals surface area (Å²) >= 11 is 5.75. The number of alkyl halides is 1. The van der Waals surface area contributed by atoms with Crippen LogP contribution >= 0.6 is 11.6 Å². The quantitative estimate of drug-likeness (QED) is 0.755. The van der Waals surface area contributed by atoms with E-state index in [0.717, 1.165) is 18.7 Å². The first-order chi connectivity index (χ1) is 7.13. The number of hydrogen-bond donors (Lipinski definition) is 1. The smallest absolute Gasteiger partial charge is 0.0964 e. The van der Waals surface area contributed by atoms with E-state index >= 15 is 0 Å². The Morgan fingerprint density at radius 2 is 2.27 bits per heavy atom. The van der Waals surface area contributed by atoms with Gasteiger partial charge in [-0.2, -0.15) is 0 Å². The highest BCUT2D eigenvalue weighted by molar-refractivity contribution is 6.17. The van der Waals surface area contributed by atoms with Crippen LogP contribution in [0.3, 0.4) is 0 Å². The summed E-state index contributed by atoms with van der Waals surface area (Å²) in [5.41, 5.74) is 0.970. The third-order valence-corrected chi connectivity index (χ3v) is 2.64. The van der Waals surface area contributed by atoms with E-state index in [1.54, 1.807) is 4.68 Å². The van der Waals surface area contributed by atoms with Crippen molar-refractivity contribution >= 4 is 11.6 Å². The molecule has 1 atom stereocenters. The fourth-order valence-electron chi connectivity index (χ4n) is 1.50. The lowest BCUT2D eigenvalue weighted by Gasteiger charge is -2.20. The SMILES string of the molecule is CC(C)C(CCCl)NCc1cn(C)nn1. The second kappa shape index (κ2) is 6.08. The van der Waals surface area contributed by atoms with Gasteiger partial charge in [-0.25, -0.2) is 0 Å². The number of aryl methyl sites for hydroxylation is 1. The summed E-state index contributed by atoms with van der Waals surface area (Å²) in [6.07, 6.45) is 2.91. The summed E-state index contributed by atoms with van der Waals surface area (Å²) in [5, 5.41) is 11.4. The van der Waals surface area contributed by atoms with Crippen LogP contribution in [-0.4, -0.2) is 26.9 Å². The molecule has 0 aliphatic heterocycles. The van der Waals surface area contributed by atoms with Crippen molar-refractivity contribution in [2.24, 2.45) is 13.0 Å². The van der Waals surface area contributed by atoms with Crippen LogP contribution in [0.25, 0.3) is 0 Å². The van der Waals surface area contributed by atoms with E-state index in [1.807, 2.05) is 13.2 Å². The maximum absolute atomic E-state index is 5.75. The predicted octanol–water partition coefficient (Wildman–Crippen LogP) is 1.56. The maximum atomic E-state index is 5.75. The first-order valence-corrected chi connectivity index (χ1v) is 5.81. The Morgan fingerprint density at radius 1 is 1.53 bits per heavy atom. The van der Waals surface area contributed by atoms with Crippen LogP contribution in [-0.2, 0) is 13.6 Å². The molecule has 1 heterocycles. The Bertz CT molecular complexity index is 285. The normalized spacial score (nSPS) is 13.4. The molecule has 0 amide bonds. The first kappa shape index (κ1) is 12.5. The molecule has 0 aliphatic rings. The molecule has 0 bridgehead atoms. The Balaban J connectivity index is 2.39. The molecule has 0 fully saturated rings. The summed E-state index contributed by atoms with van der Waals surface area (Å²) in [4.78, 5) is 0. The van der Waals surface area contributed by atoms with E-state index < -0.39 is 0 Å². The lowest BCUT2D eigenvalue weighted by atomic mass is 10.0. The van der Waals surface area contributed by atoms with Crippen molar-refractivity contribution < 1.29 is 0 Å². The van der Waals surface area contributed by atoms with E-state index in [1.165, 1.54) is 0 Å². The van der Waals surface area contributed by atoms with Crippen molar-refractivity contribution in [3.05, 3.63) is 11.9 Å². The molecule has 0 aliphatic carbocycles. The van der Waals surface area contributed by atoms with Crippen LogP contribution in [0, 0.1) is 5.92 Å². The van der Waals surface area contributed by atoms with Gasteiger partial charge in [0, 0.05) is 31.7 Å². The Kier molecular flexibility index (Phi) is 5.05. The second-order valence-corrected chi connectivity index (χ2v) is 4.47. The summed E-state index contributed by atoms with van der Waals surface area (Å²) in [7, 11) is 1.87. The maximum Gasteiger partial charge on any atom is 0.0964 e. The fraction of sp³-hybridized carbons (Fsp3) is 0.800. The van der Waals surface area contributed by atoms with Crippen LogP contribution in [0.15, 0.2) is 6.20 Å². The zero-order valence-corrected chi connectivity index (χ0v) is 10.3. The van der Waals surface area contributed by atoms with Gasteiger partial charge in [0.05, 0.1) is 5.69 Å². The number of rotatable bonds is 6. The summed E-state index contributed by atoms with van der Waals surface area (Å²) in [6.45, 7) is 5.15. The lowest BCUT2D eigenvalue weighted by molar-refractivity contribution is 0.387. The minimum atomic E-state index is 0.449. The standard InChI is InChI=1S/C10H19ClN4/c1-8(2)10(4-5-11)12-6-9-7-15(3)14-13-9/h7-8,10,12H,4-6H2,1-3H3. The fourth-order valence-corrected chi connectivity index (χ4v) is 1.74. The Morgan fingerprint density at radius 3 is 2.73 bits per heavy atom. The number of halogens is 1. The van der Waals surface area contributed by atoms with E-state index in [9.17, 15) is 0 Å². The van der Waals surface area contributed by atoms with Crippen molar-refractivity contribution in [3.8, 4) is 0 Å². The molecular formula is C10H19ClN4. The van der Waals surface area contributed by atoms with Gasteiger partial charge in [-0.1, -0.05) is 19.1 Å². The van der Waals surface area contributed by atoms with E-state index in [4.69, 9.17) is 11.6 Å². The molecular weight excluding hydrogens is 212 g/mol. The lowest BCUT2D eigenvalue weighted by Crippen LogP contribution is -2.33. The van der Waals surface area contributed by atoms with Gasteiger partial charge in [0.1, 0.15) is 0 Å². The highest BCUT2D eigenvalue weighted by atomic mass is 35.5. The second-order valence-electron chi connectivity index (χ2n) is 4.09. The monoisotopic (exact) mass is 230 g/mol. The molecule has 0 spiro atoms. The highest BCUT2D eigenvalue weighted by Crippen LogP contribution is 2.07. The minimum Gasteiger partial charge on any atom is -0.308 e. The van der Waals surface area contributed by atoms with Crippen LogP contribution in [0.4, 0.5) is 0 Å². The molecule has 0 radical (unpaired) electrons. The van der Waals surface area contributed by atoms with Gasteiger partial charge in [0.15, 0.2) is 0 Å². The zero-order chi connectivity index (χ0) is 11.3. The molecule has 0 saturated heterocycles. The molecule has 1 N–H and O–H groups in total. The molecule has 1 rings (SSSR count). The average Bonchev–Trinajstić information content (AvgIpc) is 2.58. The van der Waals surface area contributed by atoms with Gasteiger partial charge in [0.25, 0.3) is 0 Å². The van der Waals surface area contributed by atoms with Gasteiger partial charge in [0.2, 0.25) is 0 Å². The van der Waals surface area contributed by atoms with E-state index in [-0.39, 0.29) is 0 Å². The molecule has 1 aromatic heterocycles. The summed E-state index contributed by atoms with van der Waals surface area (Å²) in [6, 6.07) is 0.449. The number of aromatic nitrogens is 3. The molecule has 15 heavy (non-hydrogen) atoms. The molecule has 0 aromatic carbocycles. The van der Waals surface area contributed by atoms with Gasteiger partial charge >= 0.3 is 0 Å². The van der Waals surface area contributed by atoms with Gasteiger partial charge in [-0.3, -0.25) is 4.68 Å². The van der Waals surface area contributed by atoms with Gasteiger partial charge in [-0.05, 0) is 12.3 Å². The van der Waals surface area contributed by atoms with Crippen molar-refractivity contribution in [3.63, 3.8) is 0 Å². The van der Waals surface area contributed by atoms with Crippen molar-refractivity contribution in [2.45, 2.75) is 32.9 Å². The van der Waals surface area contributed by atoms with Gasteiger partial charge in [-0.15, -0.1) is 16.7 Å². The highest BCUT2D eigenvalue weighted by Gasteiger charge is 2.12. The van der Waals surface area contributed by atoms with Crippen LogP contribution in [0.1, 0.15) is 26.0 Å². The zero-order valence-electron chi connectivity index (χ0n) is 9.57. The van der Waals surface area contributed by atoms with Crippen molar-refractivity contribution in [1.29, 1.82) is 0 Å².